The lowest BCUT2D eigenvalue weighted by atomic mass is 9.83. The van der Waals surface area contributed by atoms with Crippen LogP contribution in [0.1, 0.15) is 276 Å². The summed E-state index contributed by atoms with van der Waals surface area (Å²) in [5.41, 5.74) is 21.0. The van der Waals surface area contributed by atoms with Gasteiger partial charge in [0.1, 0.15) is 56.4 Å². The van der Waals surface area contributed by atoms with Crippen LogP contribution in [0.25, 0.3) is 0 Å². The van der Waals surface area contributed by atoms with Crippen molar-refractivity contribution in [1.29, 1.82) is 0 Å². The number of aryl methyl sites for hydroxylation is 2. The fraction of sp³-hybridized carbons (Fsp3) is 0.583. The van der Waals surface area contributed by atoms with Crippen molar-refractivity contribution in [1.82, 2.24) is 37.2 Å². The maximum absolute atomic E-state index is 12.8. The Balaban J connectivity index is 0.000000227. The van der Waals surface area contributed by atoms with E-state index in [1.54, 1.807) is 73.7 Å². The second kappa shape index (κ2) is 55.7. The minimum absolute atomic E-state index is 0.000295. The third-order valence-electron chi connectivity index (χ3n) is 27.2. The molecular weight excluding hydrogens is 1790 g/mol. The van der Waals surface area contributed by atoms with E-state index in [0.717, 1.165) is 174 Å². The summed E-state index contributed by atoms with van der Waals surface area (Å²) in [5.74, 6) is 0.661. The molecule has 12 rings (SSSR count). The lowest BCUT2D eigenvalue weighted by Gasteiger charge is -2.37. The number of Topliss-reactive ketones (excluding diaryl/α,β-unsaturated/α-hetero) is 1. The number of ketones is 1. The molecule has 139 heavy (non-hydrogen) atoms. The molecule has 6 saturated heterocycles. The Hall–Kier alpha value is -10.4. The smallest absolute Gasteiger partial charge is 0.344 e. The van der Waals surface area contributed by atoms with Crippen molar-refractivity contribution in [3.05, 3.63) is 178 Å². The second-order valence-electron chi connectivity index (χ2n) is 40.0. The summed E-state index contributed by atoms with van der Waals surface area (Å²) in [7, 11) is -2.17. The van der Waals surface area contributed by atoms with Gasteiger partial charge in [0.05, 0.1) is 41.9 Å². The highest BCUT2D eigenvalue weighted by Crippen LogP contribution is 2.39. The van der Waals surface area contributed by atoms with Crippen LogP contribution in [0.3, 0.4) is 0 Å². The first-order valence-corrected chi connectivity index (χ1v) is 51.1. The summed E-state index contributed by atoms with van der Waals surface area (Å²) in [6.45, 7) is 43.5. The summed E-state index contributed by atoms with van der Waals surface area (Å²) in [6.07, 6.45) is 14.8. The Bertz CT molecular complexity index is 4990. The highest BCUT2D eigenvalue weighted by atomic mass is 32.2. The normalized spacial score (nSPS) is 16.4. The molecule has 0 bridgehead atoms. The molecule has 31 heteroatoms. The van der Waals surface area contributed by atoms with Gasteiger partial charge in [0, 0.05) is 89.9 Å². The third kappa shape index (κ3) is 38.9. The van der Waals surface area contributed by atoms with E-state index in [-0.39, 0.29) is 113 Å². The Labute approximate surface area is 825 Å². The number of ether oxygens (including phenoxy) is 9. The number of benzene rings is 6. The zero-order valence-electron chi connectivity index (χ0n) is 85.7. The van der Waals surface area contributed by atoms with Gasteiger partial charge in [-0.05, 0) is 350 Å². The van der Waals surface area contributed by atoms with E-state index in [1.165, 1.54) is 51.1 Å². The van der Waals surface area contributed by atoms with Gasteiger partial charge in [0.25, 0.3) is 5.91 Å². The number of hydrogen-bond donors (Lipinski definition) is 10. The lowest BCUT2D eigenvalue weighted by molar-refractivity contribution is -0.165. The van der Waals surface area contributed by atoms with Gasteiger partial charge in [-0.3, -0.25) is 28.8 Å². The van der Waals surface area contributed by atoms with Crippen LogP contribution in [0, 0.1) is 49.4 Å². The summed E-state index contributed by atoms with van der Waals surface area (Å²) in [6, 6.07) is 39.0. The van der Waals surface area contributed by atoms with Gasteiger partial charge in [-0.2, -0.15) is 0 Å². The number of piperidine rings is 6. The Morgan fingerprint density at radius 2 is 0.842 bits per heavy atom. The number of carbonyl (C=O) groups is 9. The van der Waals surface area contributed by atoms with Gasteiger partial charge < -0.3 is 97.1 Å². The zero-order valence-corrected chi connectivity index (χ0v) is 86.5. The molecule has 6 aromatic carbocycles. The molecule has 6 heterocycles. The zero-order chi connectivity index (χ0) is 102. The van der Waals surface area contributed by atoms with E-state index < -0.39 is 49.8 Å². The largest absolute Gasteiger partial charge is 0.496 e. The Kier molecular flexibility index (Phi) is 46.3. The predicted molar refractivity (Wildman–Crippen MR) is 543 cm³/mol. The number of nitrogen functional groups attached to an aromatic ring is 2. The number of hydrogen-bond acceptors (Lipinski definition) is 29. The third-order valence-corrected chi connectivity index (χ3v) is 28.9. The monoisotopic (exact) mass is 1950 g/mol. The number of esters is 7. The maximum Gasteiger partial charge on any atom is 0.344 e. The van der Waals surface area contributed by atoms with Crippen LogP contribution < -0.4 is 68.6 Å². The molecule has 0 saturated carbocycles. The predicted octanol–water partition coefficient (Wildman–Crippen LogP) is 15.2. The minimum Gasteiger partial charge on any atom is -0.496 e. The minimum atomic E-state index is -3.57. The van der Waals surface area contributed by atoms with Gasteiger partial charge in [-0.25, -0.2) is 22.8 Å². The summed E-state index contributed by atoms with van der Waals surface area (Å²) >= 11 is 0. The van der Waals surface area contributed by atoms with Gasteiger partial charge in [-0.15, -0.1) is 0 Å². The van der Waals surface area contributed by atoms with E-state index in [2.05, 4.69) is 63.2 Å². The van der Waals surface area contributed by atoms with Gasteiger partial charge in [-0.1, -0.05) is 73.2 Å². The molecule has 6 aliphatic heterocycles. The number of nitrogens with one attached hydrogen (secondary N) is 7. The molecule has 30 nitrogen and oxygen atoms in total. The van der Waals surface area contributed by atoms with Crippen molar-refractivity contribution in [2.24, 2.45) is 41.2 Å². The topological polar surface area (TPSA) is 433 Å². The molecule has 0 aliphatic carbocycles. The molecule has 0 aromatic heterocycles. The van der Waals surface area contributed by atoms with Crippen molar-refractivity contribution in [2.75, 3.05) is 116 Å². The van der Waals surface area contributed by atoms with Crippen molar-refractivity contribution in [3.63, 3.8) is 0 Å². The Morgan fingerprint density at radius 3 is 1.25 bits per heavy atom. The highest BCUT2D eigenvalue weighted by molar-refractivity contribution is 7.91. The average molecular weight is 1950 g/mol. The van der Waals surface area contributed by atoms with E-state index in [9.17, 15) is 51.6 Å². The van der Waals surface area contributed by atoms with Gasteiger partial charge in [0.15, 0.2) is 22.2 Å². The number of amides is 1. The molecule has 768 valence electrons. The molecule has 1 amide bonds. The fourth-order valence-electron chi connectivity index (χ4n) is 18.1. The van der Waals surface area contributed by atoms with Gasteiger partial charge in [0.2, 0.25) is 0 Å². The Morgan fingerprint density at radius 1 is 0.446 bits per heavy atom. The number of rotatable bonds is 33. The lowest BCUT2D eigenvalue weighted by Crippen LogP contribution is -2.43. The van der Waals surface area contributed by atoms with Gasteiger partial charge >= 0.3 is 41.8 Å². The highest BCUT2D eigenvalue weighted by Gasteiger charge is 2.41. The second-order valence-corrected chi connectivity index (χ2v) is 42.3. The van der Waals surface area contributed by atoms with E-state index in [1.807, 2.05) is 119 Å². The number of anilines is 2. The quantitative estimate of drug-likeness (QED) is 0.00601. The van der Waals surface area contributed by atoms with E-state index in [4.69, 9.17) is 59.8 Å². The molecule has 6 aromatic rings. The number of nitrogens with two attached hydrogens (primary N) is 3. The first-order chi connectivity index (χ1) is 65.7. The molecular formula is C108H160N10O20S. The first-order valence-electron chi connectivity index (χ1n) is 49.5. The number of methoxy groups -OCH3 is 1. The standard InChI is InChI=1S/C18H27N3O3.C18H28N2O5S.C18H28N2O2.2C18H25NO4.C18H27NO2/c1-18(2,14-7-10-20-11-8-14)24-16(22)9-12-21-17(23)13-3-5-15(19)6-4-13;1-5-26(22,23)16-10-13(15(24-4)11-14(16)19)17(21)25-18(2,3)12-6-8-20-9-7-12;1-13-4-6-14(7-5-13)16(19)12-17(21)22-18(2,3)15-8-10-20-11-9-15;1-12-15(6-5-7-16(12)22-13(2)20)17(21)23-18(3,4)14-8-10-19-11-9-14;1-13(20)14-4-6-16(7-5-14)22-12-17(21)23-18(2,3)15-8-10-19-11-9-15;1-18(2,16-11-13-19-14-12-16)21-17(20)10-6-9-15-7-4-3-5-8-15/h3-6,14,20H,7-12,19H2,1-2H3,(H,21,23);10-12,20H,5-9,19H2,1-4H3;4-7,15-16,20H,8-12,19H2,1-3H3;5-7,14,19H,8-11H2,1-4H3;4-7,15,19H,8-12H2,1-3H3;3-5,7-8,16,19H,6,9-14H2,1-2H3. The van der Waals surface area contributed by atoms with Crippen LogP contribution >= 0.6 is 0 Å². The molecule has 13 N–H and O–H groups in total. The summed E-state index contributed by atoms with van der Waals surface area (Å²) < 4.78 is 74.6. The average Bonchev–Trinajstić information content (AvgIpc) is 0.783. The molecule has 1 atom stereocenters. The van der Waals surface area contributed by atoms with Crippen molar-refractivity contribution in [2.45, 2.75) is 271 Å². The van der Waals surface area contributed by atoms with Crippen molar-refractivity contribution >= 4 is 74.7 Å². The van der Waals surface area contributed by atoms with E-state index in [0.29, 0.717) is 75.5 Å². The van der Waals surface area contributed by atoms with Crippen LogP contribution in [-0.2, 0) is 68.7 Å². The van der Waals surface area contributed by atoms with Crippen LogP contribution in [0.5, 0.6) is 17.2 Å². The molecule has 1 unspecified atom stereocenters. The maximum atomic E-state index is 12.8. The van der Waals surface area contributed by atoms with Crippen molar-refractivity contribution in [3.8, 4) is 17.2 Å². The van der Waals surface area contributed by atoms with Crippen LogP contribution in [0.15, 0.2) is 138 Å². The van der Waals surface area contributed by atoms with Crippen LogP contribution in [0.2, 0.25) is 0 Å². The molecule has 0 radical (unpaired) electrons. The first kappa shape index (κ1) is 116. The fourth-order valence-corrected chi connectivity index (χ4v) is 19.1. The molecule has 0 spiro atoms. The van der Waals surface area contributed by atoms with Crippen molar-refractivity contribution < 1.29 is 94.2 Å². The van der Waals surface area contributed by atoms with Crippen LogP contribution in [-0.4, -0.2) is 200 Å². The molecule has 6 aliphatic rings. The van der Waals surface area contributed by atoms with E-state index >= 15 is 0 Å². The SMILES string of the molecule is CC(=O)Oc1cccc(C(=O)OC(C)(C)C2CCNCC2)c1C.CC(=O)c1ccc(OCC(=O)OC(C)(C)C2CCNCC2)cc1.CC(C)(OC(=O)CCCc1ccccc1)C1CCNCC1.CC(C)(OC(=O)CCNC(=O)c1ccc(N)cc1)C1CCNCC1.CCS(=O)(=O)c1cc(C(=O)OC(C)(C)C2CCNCC2)c(OC)cc1N.Cc1ccc(C(N)CC(=O)OC(C)(C)C2CCNCC2)cc1. The summed E-state index contributed by atoms with van der Waals surface area (Å²) in [4.78, 5) is 108. The number of carbonyl (C=O) groups excluding carboxylic acids is 9. The molecule has 6 fully saturated rings. The summed E-state index contributed by atoms with van der Waals surface area (Å²) in [5, 5.41) is 22.6. The number of sulfone groups is 1. The van der Waals surface area contributed by atoms with Crippen LogP contribution in [0.4, 0.5) is 11.4 Å².